The average Bonchev–Trinajstić information content (AvgIpc) is 2.52. The molecule has 0 radical (unpaired) electrons. The smallest absolute Gasteiger partial charge is 0.338 e. The zero-order valence-electron chi connectivity index (χ0n) is 13.4. The first kappa shape index (κ1) is 17.9. The molecule has 1 amide bonds. The van der Waals surface area contributed by atoms with Gasteiger partial charge in [0.15, 0.2) is 0 Å². The number of ether oxygens (including phenoxy) is 1. The van der Waals surface area contributed by atoms with Gasteiger partial charge < -0.3 is 10.1 Å². The highest BCUT2D eigenvalue weighted by Gasteiger charge is 2.12. The molecule has 0 aliphatic carbocycles. The third kappa shape index (κ3) is 4.55. The molecule has 0 saturated heterocycles. The number of amides is 1. The molecular weight excluding hydrogens is 333 g/mol. The van der Waals surface area contributed by atoms with Crippen LogP contribution in [0.4, 0.5) is 10.1 Å². The minimum Gasteiger partial charge on any atom is -0.462 e. The third-order valence-electron chi connectivity index (χ3n) is 3.38. The third-order valence-corrected chi connectivity index (χ3v) is 3.61. The summed E-state index contributed by atoms with van der Waals surface area (Å²) in [5.41, 5.74) is 1.95. The lowest BCUT2D eigenvalue weighted by Gasteiger charge is -2.10. The van der Waals surface area contributed by atoms with E-state index in [1.807, 2.05) is 0 Å². The lowest BCUT2D eigenvalue weighted by molar-refractivity contribution is -0.115. The Morgan fingerprint density at radius 1 is 1.21 bits per heavy atom. The van der Waals surface area contributed by atoms with E-state index in [-0.39, 0.29) is 22.9 Å². The molecule has 2 aromatic carbocycles. The van der Waals surface area contributed by atoms with Gasteiger partial charge in [-0.3, -0.25) is 4.79 Å². The summed E-state index contributed by atoms with van der Waals surface area (Å²) in [6.45, 7) is 3.79. The summed E-state index contributed by atoms with van der Waals surface area (Å²) in [5.74, 6) is -1.29. The summed E-state index contributed by atoms with van der Waals surface area (Å²) in [6.07, 6.45) is -0.109. The number of hydrogen-bond donors (Lipinski definition) is 1. The van der Waals surface area contributed by atoms with Crippen molar-refractivity contribution in [1.29, 1.82) is 0 Å². The molecule has 1 N–H and O–H groups in total. The van der Waals surface area contributed by atoms with Crippen molar-refractivity contribution in [3.05, 3.63) is 63.9 Å². The molecule has 6 heteroatoms. The summed E-state index contributed by atoms with van der Waals surface area (Å²) in [7, 11) is 0. The number of halogens is 2. The van der Waals surface area contributed by atoms with Crippen LogP contribution in [0.25, 0.3) is 0 Å². The van der Waals surface area contributed by atoms with Crippen molar-refractivity contribution >= 4 is 29.2 Å². The van der Waals surface area contributed by atoms with E-state index in [1.165, 1.54) is 18.2 Å². The van der Waals surface area contributed by atoms with Gasteiger partial charge in [-0.15, -0.1) is 0 Å². The number of carbonyl (C=O) groups excluding carboxylic acids is 2. The lowest BCUT2D eigenvalue weighted by Crippen LogP contribution is -2.16. The van der Waals surface area contributed by atoms with E-state index in [9.17, 15) is 14.0 Å². The summed E-state index contributed by atoms with van der Waals surface area (Å²) < 4.78 is 18.7. The van der Waals surface area contributed by atoms with Crippen molar-refractivity contribution < 1.29 is 18.7 Å². The number of anilines is 1. The molecule has 0 spiro atoms. The number of nitrogens with one attached hydrogen (secondary N) is 1. The van der Waals surface area contributed by atoms with Crippen LogP contribution in [0, 0.1) is 12.7 Å². The minimum atomic E-state index is -0.521. The highest BCUT2D eigenvalue weighted by molar-refractivity contribution is 6.30. The molecule has 24 heavy (non-hydrogen) atoms. The summed E-state index contributed by atoms with van der Waals surface area (Å²) in [5, 5.41) is 2.99. The van der Waals surface area contributed by atoms with Gasteiger partial charge in [0.05, 0.1) is 18.6 Å². The molecule has 0 atom stereocenters. The van der Waals surface area contributed by atoms with Crippen LogP contribution < -0.4 is 5.32 Å². The Morgan fingerprint density at radius 3 is 2.58 bits per heavy atom. The van der Waals surface area contributed by atoms with Crippen molar-refractivity contribution in [3.63, 3.8) is 0 Å². The van der Waals surface area contributed by atoms with Crippen LogP contribution in [0.1, 0.15) is 28.4 Å². The predicted molar refractivity (Wildman–Crippen MR) is 90.9 cm³/mol. The predicted octanol–water partition coefficient (Wildman–Crippen LogP) is 4.15. The number of carbonyl (C=O) groups is 2. The second-order valence-corrected chi connectivity index (χ2v) is 5.65. The van der Waals surface area contributed by atoms with Crippen LogP contribution in [-0.4, -0.2) is 18.5 Å². The number of esters is 1. The van der Waals surface area contributed by atoms with E-state index in [0.29, 0.717) is 23.4 Å². The van der Waals surface area contributed by atoms with Gasteiger partial charge >= 0.3 is 5.97 Å². The normalized spacial score (nSPS) is 10.3. The average molecular weight is 350 g/mol. The molecule has 0 saturated carbocycles. The van der Waals surface area contributed by atoms with Gasteiger partial charge in [0.25, 0.3) is 0 Å². The van der Waals surface area contributed by atoms with E-state index in [2.05, 4.69) is 5.32 Å². The largest absolute Gasteiger partial charge is 0.462 e. The molecule has 2 rings (SSSR count). The first-order valence-corrected chi connectivity index (χ1v) is 7.80. The molecule has 0 fully saturated rings. The van der Waals surface area contributed by atoms with Crippen LogP contribution in [0.3, 0.4) is 0 Å². The van der Waals surface area contributed by atoms with E-state index in [0.717, 1.165) is 0 Å². The van der Waals surface area contributed by atoms with Crippen LogP contribution in [0.5, 0.6) is 0 Å². The van der Waals surface area contributed by atoms with Crippen molar-refractivity contribution in [1.82, 2.24) is 0 Å². The van der Waals surface area contributed by atoms with Crippen molar-refractivity contribution in [2.24, 2.45) is 0 Å². The second kappa shape index (κ2) is 7.93. The fourth-order valence-electron chi connectivity index (χ4n) is 2.18. The maximum atomic E-state index is 13.7. The molecule has 0 bridgehead atoms. The first-order valence-electron chi connectivity index (χ1n) is 7.42. The standard InChI is InChI=1S/C18H17ClFNO3/c1-3-24-18(23)13-5-7-16(11(2)8-13)21-17(22)9-12-4-6-14(19)10-15(12)20/h4-8,10H,3,9H2,1-2H3,(H,21,22). The lowest BCUT2D eigenvalue weighted by atomic mass is 10.1. The molecule has 0 aromatic heterocycles. The quantitative estimate of drug-likeness (QED) is 0.825. The molecule has 0 aliphatic heterocycles. The number of rotatable bonds is 5. The van der Waals surface area contributed by atoms with Gasteiger partial charge in [0, 0.05) is 10.7 Å². The van der Waals surface area contributed by atoms with Crippen molar-refractivity contribution in [3.8, 4) is 0 Å². The molecule has 0 unspecified atom stereocenters. The van der Waals surface area contributed by atoms with Gasteiger partial charge in [-0.2, -0.15) is 0 Å². The second-order valence-electron chi connectivity index (χ2n) is 5.21. The van der Waals surface area contributed by atoms with Crippen LogP contribution in [0.15, 0.2) is 36.4 Å². The van der Waals surface area contributed by atoms with E-state index < -0.39 is 11.8 Å². The van der Waals surface area contributed by atoms with E-state index in [4.69, 9.17) is 16.3 Å². The highest BCUT2D eigenvalue weighted by atomic mass is 35.5. The summed E-state index contributed by atoms with van der Waals surface area (Å²) in [6, 6.07) is 9.02. The molecule has 126 valence electrons. The maximum absolute atomic E-state index is 13.7. The number of benzene rings is 2. The molecule has 4 nitrogen and oxygen atoms in total. The Labute approximate surface area is 144 Å². The Morgan fingerprint density at radius 2 is 1.96 bits per heavy atom. The molecular formula is C18H17ClFNO3. The van der Waals surface area contributed by atoms with E-state index in [1.54, 1.807) is 32.0 Å². The fraction of sp³-hybridized carbons (Fsp3) is 0.222. The molecule has 0 aliphatic rings. The van der Waals surface area contributed by atoms with E-state index >= 15 is 0 Å². The Bertz CT molecular complexity index is 777. The summed E-state index contributed by atoms with van der Waals surface area (Å²) >= 11 is 5.69. The highest BCUT2D eigenvalue weighted by Crippen LogP contribution is 2.19. The van der Waals surface area contributed by atoms with Crippen molar-refractivity contribution in [2.45, 2.75) is 20.3 Å². The zero-order chi connectivity index (χ0) is 17.7. The Kier molecular flexibility index (Phi) is 5.93. The number of aryl methyl sites for hydroxylation is 1. The van der Waals surface area contributed by atoms with Crippen LogP contribution in [0.2, 0.25) is 5.02 Å². The van der Waals surface area contributed by atoms with Gasteiger partial charge in [0.2, 0.25) is 5.91 Å². The molecule has 2 aromatic rings. The van der Waals surface area contributed by atoms with Gasteiger partial charge in [-0.05, 0) is 55.3 Å². The SMILES string of the molecule is CCOC(=O)c1ccc(NC(=O)Cc2ccc(Cl)cc2F)c(C)c1. The van der Waals surface area contributed by atoms with Crippen LogP contribution in [-0.2, 0) is 16.0 Å². The summed E-state index contributed by atoms with van der Waals surface area (Å²) in [4.78, 5) is 23.8. The Balaban J connectivity index is 2.07. The zero-order valence-corrected chi connectivity index (χ0v) is 14.1. The maximum Gasteiger partial charge on any atom is 0.338 e. The molecule has 0 heterocycles. The first-order chi connectivity index (χ1) is 11.4. The minimum absolute atomic E-state index is 0.109. The topological polar surface area (TPSA) is 55.4 Å². The van der Waals surface area contributed by atoms with Crippen molar-refractivity contribution in [2.75, 3.05) is 11.9 Å². The van der Waals surface area contributed by atoms with Gasteiger partial charge in [0.1, 0.15) is 5.82 Å². The fourth-order valence-corrected chi connectivity index (χ4v) is 2.34. The number of hydrogen-bond acceptors (Lipinski definition) is 3. The van der Waals surface area contributed by atoms with Gasteiger partial charge in [-0.1, -0.05) is 17.7 Å². The monoisotopic (exact) mass is 349 g/mol. The van der Waals surface area contributed by atoms with Gasteiger partial charge in [-0.25, -0.2) is 9.18 Å². The van der Waals surface area contributed by atoms with Crippen LogP contribution >= 0.6 is 11.6 Å². The Hall–Kier alpha value is -2.40.